The monoisotopic (exact) mass is 546 g/mol. The summed E-state index contributed by atoms with van der Waals surface area (Å²) in [6.45, 7) is 3.53. The summed E-state index contributed by atoms with van der Waals surface area (Å²) >= 11 is 0. The van der Waals surface area contributed by atoms with Gasteiger partial charge in [-0.1, -0.05) is 30.3 Å². The van der Waals surface area contributed by atoms with Gasteiger partial charge in [-0.2, -0.15) is 0 Å². The lowest BCUT2D eigenvalue weighted by Crippen LogP contribution is -2.46. The molecule has 3 aromatic rings. The van der Waals surface area contributed by atoms with E-state index in [0.717, 1.165) is 47.4 Å². The number of fused-ring (bicyclic) bond motifs is 5. The van der Waals surface area contributed by atoms with E-state index in [4.69, 9.17) is 13.9 Å². The van der Waals surface area contributed by atoms with Gasteiger partial charge >= 0.3 is 6.09 Å². The second kappa shape index (κ2) is 11.6. The zero-order valence-electron chi connectivity index (χ0n) is 22.4. The Morgan fingerprint density at radius 2 is 1.85 bits per heavy atom. The maximum atomic E-state index is 13.4. The van der Waals surface area contributed by atoms with Crippen molar-refractivity contribution in [2.24, 2.45) is 0 Å². The summed E-state index contributed by atoms with van der Waals surface area (Å²) in [6.07, 6.45) is 1.27. The van der Waals surface area contributed by atoms with Gasteiger partial charge in [-0.05, 0) is 49.2 Å². The maximum Gasteiger partial charge on any atom is 0.410 e. The molecule has 2 fully saturated rings. The van der Waals surface area contributed by atoms with Crippen molar-refractivity contribution in [2.75, 3.05) is 52.5 Å². The summed E-state index contributed by atoms with van der Waals surface area (Å²) in [5.41, 5.74) is 1.84. The second-order valence-electron chi connectivity index (χ2n) is 10.7. The zero-order chi connectivity index (χ0) is 27.5. The molecule has 2 aromatic carbocycles. The third-order valence-corrected chi connectivity index (χ3v) is 7.84. The molecular formula is C30H34N4O6. The first kappa shape index (κ1) is 26.2. The Morgan fingerprint density at radius 1 is 0.950 bits per heavy atom. The molecule has 6 rings (SSSR count). The highest BCUT2D eigenvalue weighted by atomic mass is 16.6. The fourth-order valence-electron chi connectivity index (χ4n) is 5.79. The van der Waals surface area contributed by atoms with Crippen LogP contribution in [0.25, 0.3) is 11.0 Å². The van der Waals surface area contributed by atoms with Crippen molar-refractivity contribution in [1.29, 1.82) is 0 Å². The number of hydrogen-bond acceptors (Lipinski definition) is 7. The first-order chi connectivity index (χ1) is 19.5. The lowest BCUT2D eigenvalue weighted by molar-refractivity contribution is -0.131. The number of hydrogen-bond donors (Lipinski definition) is 1. The highest BCUT2D eigenvalue weighted by molar-refractivity contribution is 5.84. The van der Waals surface area contributed by atoms with E-state index >= 15 is 0 Å². The average Bonchev–Trinajstić information content (AvgIpc) is 3.66. The molecule has 10 heteroatoms. The molecule has 4 heterocycles. The highest BCUT2D eigenvalue weighted by Gasteiger charge is 2.38. The number of rotatable bonds is 4. The fourth-order valence-corrected chi connectivity index (χ4v) is 5.79. The molecule has 210 valence electrons. The molecule has 3 aliphatic heterocycles. The van der Waals surface area contributed by atoms with Crippen LogP contribution in [0.1, 0.15) is 30.1 Å². The largest absolute Gasteiger partial charge is 0.494 e. The molecule has 2 saturated heterocycles. The summed E-state index contributed by atoms with van der Waals surface area (Å²) in [4.78, 5) is 43.7. The van der Waals surface area contributed by atoms with Crippen LogP contribution in [0.2, 0.25) is 0 Å². The summed E-state index contributed by atoms with van der Waals surface area (Å²) in [6, 6.07) is 17.6. The van der Waals surface area contributed by atoms with Gasteiger partial charge < -0.3 is 24.1 Å². The van der Waals surface area contributed by atoms with Crippen LogP contribution in [0.5, 0.6) is 5.75 Å². The number of benzene rings is 2. The molecule has 1 N–H and O–H groups in total. The number of cyclic esters (lactones) is 1. The number of furan rings is 1. The molecule has 0 spiro atoms. The van der Waals surface area contributed by atoms with Gasteiger partial charge in [0.15, 0.2) is 0 Å². The topological polar surface area (TPSA) is 105 Å². The molecule has 3 amide bonds. The number of carbonyl (C=O) groups is 3. The minimum absolute atomic E-state index is 0.0271. The van der Waals surface area contributed by atoms with Gasteiger partial charge in [0.05, 0.1) is 32.3 Å². The Balaban J connectivity index is 1.19. The zero-order valence-corrected chi connectivity index (χ0v) is 22.4. The fraction of sp³-hybridized carbons (Fsp3) is 0.433. The molecule has 2 atom stereocenters. The number of ether oxygens (including phenoxy) is 2. The van der Waals surface area contributed by atoms with Crippen LogP contribution >= 0.6 is 0 Å². The van der Waals surface area contributed by atoms with Crippen LogP contribution in [0, 0.1) is 0 Å². The molecular weight excluding hydrogens is 512 g/mol. The molecule has 10 nitrogen and oxygen atoms in total. The SMILES string of the molecule is O=C1CN(Cc2cc3ccccc3o2)CCCCOc2cccc(c2)[C@H]2CN(C(=O)CN3CCOC3=O)C[C@@H]2N1. The molecule has 0 aliphatic carbocycles. The van der Waals surface area contributed by atoms with Gasteiger partial charge in [-0.25, -0.2) is 4.79 Å². The molecule has 0 saturated carbocycles. The van der Waals surface area contributed by atoms with Crippen molar-refractivity contribution >= 4 is 28.9 Å². The van der Waals surface area contributed by atoms with E-state index in [-0.39, 0.29) is 36.9 Å². The van der Waals surface area contributed by atoms with Crippen LogP contribution in [-0.4, -0.2) is 91.1 Å². The summed E-state index contributed by atoms with van der Waals surface area (Å²) in [5, 5.41) is 4.26. The lowest BCUT2D eigenvalue weighted by Gasteiger charge is -2.25. The van der Waals surface area contributed by atoms with E-state index in [2.05, 4.69) is 10.2 Å². The molecule has 2 bridgehead atoms. The van der Waals surface area contributed by atoms with E-state index in [1.54, 1.807) is 4.90 Å². The number of likely N-dealkylation sites (tertiary alicyclic amines) is 1. The number of amides is 3. The van der Waals surface area contributed by atoms with Gasteiger partial charge in [0.2, 0.25) is 11.8 Å². The third kappa shape index (κ3) is 5.91. The van der Waals surface area contributed by atoms with Crippen molar-refractivity contribution < 1.29 is 28.3 Å². The normalized spacial score (nSPS) is 22.4. The van der Waals surface area contributed by atoms with Crippen LogP contribution in [-0.2, 0) is 20.9 Å². The third-order valence-electron chi connectivity index (χ3n) is 7.84. The smallest absolute Gasteiger partial charge is 0.410 e. The summed E-state index contributed by atoms with van der Waals surface area (Å²) in [7, 11) is 0. The van der Waals surface area contributed by atoms with Crippen LogP contribution in [0.4, 0.5) is 4.79 Å². The Kier molecular flexibility index (Phi) is 7.59. The van der Waals surface area contributed by atoms with Gasteiger partial charge in [0, 0.05) is 24.4 Å². The standard InChI is InChI=1S/C30H34N4O6/c35-28-19-32(16-24-15-22-6-1-2-9-27(22)40-24)10-3-4-12-38-23-8-5-7-21(14-23)25-17-34(18-26(25)31-28)29(36)20-33-11-13-39-30(33)37/h1-2,5-9,14-15,25-26H,3-4,10-13,16-20H2,(H,31,35)/t25-,26+/m1/s1. The van der Waals surface area contributed by atoms with Crippen molar-refractivity contribution in [2.45, 2.75) is 31.3 Å². The van der Waals surface area contributed by atoms with Crippen molar-refractivity contribution in [3.63, 3.8) is 0 Å². The lowest BCUT2D eigenvalue weighted by atomic mass is 9.94. The minimum Gasteiger partial charge on any atom is -0.494 e. The summed E-state index contributed by atoms with van der Waals surface area (Å²) in [5.74, 6) is 1.25. The van der Waals surface area contributed by atoms with Gasteiger partial charge in [-0.15, -0.1) is 0 Å². The predicted octanol–water partition coefficient (Wildman–Crippen LogP) is 2.97. The van der Waals surface area contributed by atoms with E-state index in [9.17, 15) is 14.4 Å². The van der Waals surface area contributed by atoms with E-state index in [1.165, 1.54) is 4.90 Å². The van der Waals surface area contributed by atoms with Crippen LogP contribution < -0.4 is 10.1 Å². The van der Waals surface area contributed by atoms with Crippen molar-refractivity contribution in [3.05, 3.63) is 65.9 Å². The van der Waals surface area contributed by atoms with Gasteiger partial charge in [0.25, 0.3) is 0 Å². The second-order valence-corrected chi connectivity index (χ2v) is 10.7. The van der Waals surface area contributed by atoms with Crippen LogP contribution in [0.3, 0.4) is 0 Å². The van der Waals surface area contributed by atoms with Gasteiger partial charge in [-0.3, -0.25) is 19.4 Å². The van der Waals surface area contributed by atoms with E-state index in [1.807, 2.05) is 54.6 Å². The van der Waals surface area contributed by atoms with Crippen molar-refractivity contribution in [3.8, 4) is 5.75 Å². The molecule has 3 aliphatic rings. The minimum atomic E-state index is -0.464. The predicted molar refractivity (Wildman–Crippen MR) is 147 cm³/mol. The Morgan fingerprint density at radius 3 is 2.70 bits per heavy atom. The summed E-state index contributed by atoms with van der Waals surface area (Å²) < 4.78 is 17.1. The number of carbonyl (C=O) groups excluding carboxylic acids is 3. The van der Waals surface area contributed by atoms with Crippen molar-refractivity contribution in [1.82, 2.24) is 20.0 Å². The van der Waals surface area contributed by atoms with E-state index < -0.39 is 6.09 Å². The Hall–Kier alpha value is -4.05. The van der Waals surface area contributed by atoms with E-state index in [0.29, 0.717) is 39.4 Å². The molecule has 40 heavy (non-hydrogen) atoms. The maximum absolute atomic E-state index is 13.4. The Labute approximate surface area is 232 Å². The quantitative estimate of drug-likeness (QED) is 0.537. The number of para-hydroxylation sites is 1. The molecule has 0 unspecified atom stereocenters. The highest BCUT2D eigenvalue weighted by Crippen LogP contribution is 2.31. The number of nitrogens with zero attached hydrogens (tertiary/aromatic N) is 3. The van der Waals surface area contributed by atoms with Crippen LogP contribution in [0.15, 0.2) is 59.0 Å². The average molecular weight is 547 g/mol. The number of nitrogens with one attached hydrogen (secondary N) is 1. The Bertz CT molecular complexity index is 1360. The first-order valence-electron chi connectivity index (χ1n) is 13.9. The molecule has 1 aromatic heterocycles. The van der Waals surface area contributed by atoms with Gasteiger partial charge in [0.1, 0.15) is 30.2 Å². The first-order valence-corrected chi connectivity index (χ1v) is 13.9. The molecule has 0 radical (unpaired) electrons.